The summed E-state index contributed by atoms with van der Waals surface area (Å²) in [4.78, 5) is 0. The molecule has 0 amide bonds. The molecule has 1 N–H and O–H groups in total. The van der Waals surface area contributed by atoms with Crippen molar-refractivity contribution in [3.8, 4) is 6.07 Å². The van der Waals surface area contributed by atoms with Crippen LogP contribution in [0.15, 0.2) is 60.7 Å². The van der Waals surface area contributed by atoms with Crippen LogP contribution >= 0.6 is 0 Å². The van der Waals surface area contributed by atoms with E-state index in [1.165, 1.54) is 5.56 Å². The molecule has 0 aromatic heterocycles. The molecule has 1 aliphatic carbocycles. The zero-order valence-electron chi connectivity index (χ0n) is 13.4. The topological polar surface area (TPSA) is 45.0 Å². The lowest BCUT2D eigenvalue weighted by Gasteiger charge is -2.46. The monoisotopic (exact) mass is 306 g/mol. The van der Waals surface area contributed by atoms with E-state index in [1.807, 2.05) is 48.5 Å². The van der Waals surface area contributed by atoms with Crippen LogP contribution in [-0.2, 0) is 11.3 Å². The van der Waals surface area contributed by atoms with Gasteiger partial charge in [-0.25, -0.2) is 0 Å². The van der Waals surface area contributed by atoms with Crippen molar-refractivity contribution in [2.75, 3.05) is 0 Å². The molecule has 0 unspecified atom stereocenters. The normalized spacial score (nSPS) is 24.4. The van der Waals surface area contributed by atoms with Crippen LogP contribution in [0.25, 0.3) is 0 Å². The van der Waals surface area contributed by atoms with Crippen LogP contribution in [0.3, 0.4) is 0 Å². The van der Waals surface area contributed by atoms with E-state index in [1.54, 1.807) is 0 Å². The van der Waals surface area contributed by atoms with Crippen molar-refractivity contribution in [3.05, 3.63) is 71.8 Å². The van der Waals surface area contributed by atoms with Crippen molar-refractivity contribution >= 4 is 0 Å². The minimum atomic E-state index is -0.579. The van der Waals surface area contributed by atoms with Gasteiger partial charge < -0.3 is 4.74 Å². The first kappa shape index (κ1) is 15.7. The van der Waals surface area contributed by atoms with E-state index in [0.717, 1.165) is 18.4 Å². The average Bonchev–Trinajstić information content (AvgIpc) is 2.60. The Hall–Kier alpha value is -2.15. The largest absolute Gasteiger partial charge is 0.370 e. The Morgan fingerprint density at radius 1 is 1.17 bits per heavy atom. The van der Waals surface area contributed by atoms with Crippen LogP contribution in [-0.4, -0.2) is 11.6 Å². The van der Waals surface area contributed by atoms with Crippen molar-refractivity contribution < 1.29 is 4.74 Å². The van der Waals surface area contributed by atoms with Gasteiger partial charge in [0, 0.05) is 6.04 Å². The number of rotatable bonds is 6. The summed E-state index contributed by atoms with van der Waals surface area (Å²) in [7, 11) is 0. The Balaban J connectivity index is 1.63. The van der Waals surface area contributed by atoms with Crippen LogP contribution in [0, 0.1) is 11.3 Å². The molecule has 0 spiro atoms. The average molecular weight is 306 g/mol. The van der Waals surface area contributed by atoms with E-state index >= 15 is 0 Å². The Morgan fingerprint density at radius 2 is 1.83 bits per heavy atom. The zero-order chi connectivity index (χ0) is 16.1. The van der Waals surface area contributed by atoms with Gasteiger partial charge >= 0.3 is 0 Å². The van der Waals surface area contributed by atoms with Crippen molar-refractivity contribution in [3.63, 3.8) is 0 Å². The molecule has 0 bridgehead atoms. The maximum Gasteiger partial charge on any atom is 0.133 e. The number of nitrogens with one attached hydrogen (secondary N) is 1. The number of hydrogen-bond acceptors (Lipinski definition) is 3. The molecule has 1 fully saturated rings. The van der Waals surface area contributed by atoms with E-state index in [2.05, 4.69) is 30.4 Å². The van der Waals surface area contributed by atoms with Crippen molar-refractivity contribution in [2.24, 2.45) is 0 Å². The lowest BCUT2D eigenvalue weighted by atomic mass is 9.74. The molecule has 1 aliphatic rings. The molecular formula is C20H22N2O. The smallest absolute Gasteiger partial charge is 0.133 e. The minimum absolute atomic E-state index is 0.0566. The summed E-state index contributed by atoms with van der Waals surface area (Å²) in [6.07, 6.45) is 1.70. The highest BCUT2D eigenvalue weighted by Gasteiger charge is 2.49. The number of nitriles is 1. The van der Waals surface area contributed by atoms with Gasteiger partial charge in [0.05, 0.1) is 18.8 Å². The fourth-order valence-corrected chi connectivity index (χ4v) is 3.08. The molecular weight excluding hydrogens is 284 g/mol. The zero-order valence-corrected chi connectivity index (χ0v) is 13.4. The van der Waals surface area contributed by atoms with E-state index in [-0.39, 0.29) is 12.1 Å². The van der Waals surface area contributed by atoms with E-state index < -0.39 is 5.54 Å². The van der Waals surface area contributed by atoms with Gasteiger partial charge in [-0.05, 0) is 30.9 Å². The molecule has 1 saturated carbocycles. The fourth-order valence-electron chi connectivity index (χ4n) is 3.08. The van der Waals surface area contributed by atoms with Crippen LogP contribution in [0.2, 0.25) is 0 Å². The van der Waals surface area contributed by atoms with Crippen molar-refractivity contribution in [1.29, 1.82) is 5.26 Å². The summed E-state index contributed by atoms with van der Waals surface area (Å²) >= 11 is 0. The molecule has 23 heavy (non-hydrogen) atoms. The summed E-state index contributed by atoms with van der Waals surface area (Å²) in [6, 6.07) is 22.9. The van der Waals surface area contributed by atoms with Crippen molar-refractivity contribution in [1.82, 2.24) is 5.32 Å². The van der Waals surface area contributed by atoms with Crippen molar-refractivity contribution in [2.45, 2.75) is 44.1 Å². The number of hydrogen-bond donors (Lipinski definition) is 1. The third-order valence-corrected chi connectivity index (χ3v) is 4.62. The van der Waals surface area contributed by atoms with Gasteiger partial charge in [-0.1, -0.05) is 60.7 Å². The van der Waals surface area contributed by atoms with Gasteiger partial charge in [0.1, 0.15) is 5.54 Å². The maximum atomic E-state index is 9.71. The second-order valence-electron chi connectivity index (χ2n) is 6.18. The van der Waals surface area contributed by atoms with Crippen LogP contribution < -0.4 is 5.32 Å². The molecule has 0 aliphatic heterocycles. The van der Waals surface area contributed by atoms with E-state index in [0.29, 0.717) is 6.61 Å². The van der Waals surface area contributed by atoms with Gasteiger partial charge in [0.15, 0.2) is 0 Å². The first-order chi connectivity index (χ1) is 11.2. The molecule has 118 valence electrons. The number of ether oxygens (including phenoxy) is 1. The summed E-state index contributed by atoms with van der Waals surface area (Å²) in [5.41, 5.74) is 1.75. The van der Waals surface area contributed by atoms with Gasteiger partial charge in [-0.2, -0.15) is 5.26 Å². The molecule has 0 heterocycles. The van der Waals surface area contributed by atoms with Crippen LogP contribution in [0.4, 0.5) is 0 Å². The molecule has 0 saturated heterocycles. The standard InChI is InChI=1S/C20H22N2O/c1-16(18-10-6-3-7-11-18)22-20(15-21)13-12-19(20)23-14-17-8-4-2-5-9-17/h2-11,16,19,22H,12-14H2,1H3/t16-,19+,20-/m0/s1. The molecule has 3 atom stereocenters. The molecule has 3 heteroatoms. The van der Waals surface area contributed by atoms with E-state index in [9.17, 15) is 5.26 Å². The Labute approximate surface area is 137 Å². The summed E-state index contributed by atoms with van der Waals surface area (Å²) in [6.45, 7) is 2.65. The highest BCUT2D eigenvalue weighted by molar-refractivity contribution is 5.24. The SMILES string of the molecule is C[C@H](N[C@]1(C#N)CC[C@H]1OCc1ccccc1)c1ccccc1. The van der Waals surface area contributed by atoms with E-state index in [4.69, 9.17) is 4.74 Å². The van der Waals surface area contributed by atoms with Gasteiger partial charge in [0.25, 0.3) is 0 Å². The molecule has 2 aromatic carbocycles. The predicted molar refractivity (Wildman–Crippen MR) is 90.6 cm³/mol. The number of benzene rings is 2. The lowest BCUT2D eigenvalue weighted by molar-refractivity contribution is -0.0674. The lowest BCUT2D eigenvalue weighted by Crippen LogP contribution is -2.62. The first-order valence-electron chi connectivity index (χ1n) is 8.13. The van der Waals surface area contributed by atoms with Gasteiger partial charge in [0.2, 0.25) is 0 Å². The highest BCUT2D eigenvalue weighted by atomic mass is 16.5. The number of nitrogens with zero attached hydrogens (tertiary/aromatic N) is 1. The maximum absolute atomic E-state index is 9.71. The van der Waals surface area contributed by atoms with Crippen LogP contribution in [0.1, 0.15) is 36.9 Å². The second-order valence-corrected chi connectivity index (χ2v) is 6.18. The van der Waals surface area contributed by atoms with Gasteiger partial charge in [-0.3, -0.25) is 5.32 Å². The summed E-state index contributed by atoms with van der Waals surface area (Å²) in [5.74, 6) is 0. The first-order valence-corrected chi connectivity index (χ1v) is 8.13. The third-order valence-electron chi connectivity index (χ3n) is 4.62. The quantitative estimate of drug-likeness (QED) is 0.878. The Morgan fingerprint density at radius 3 is 2.39 bits per heavy atom. The molecule has 3 nitrogen and oxygen atoms in total. The Bertz CT molecular complexity index is 665. The molecule has 0 radical (unpaired) electrons. The van der Waals surface area contributed by atoms with Gasteiger partial charge in [-0.15, -0.1) is 0 Å². The fraction of sp³-hybridized carbons (Fsp3) is 0.350. The predicted octanol–water partition coefficient (Wildman–Crippen LogP) is 3.98. The second kappa shape index (κ2) is 6.95. The van der Waals surface area contributed by atoms with Crippen LogP contribution in [0.5, 0.6) is 0 Å². The third kappa shape index (κ3) is 3.44. The summed E-state index contributed by atoms with van der Waals surface area (Å²) in [5, 5.41) is 13.2. The molecule has 3 rings (SSSR count). The highest BCUT2D eigenvalue weighted by Crippen LogP contribution is 2.37. The molecule has 2 aromatic rings. The minimum Gasteiger partial charge on any atom is -0.370 e. The Kier molecular flexibility index (Phi) is 4.76. The summed E-state index contributed by atoms with van der Waals surface area (Å²) < 4.78 is 6.02.